The van der Waals surface area contributed by atoms with Gasteiger partial charge >= 0.3 is 0 Å². The van der Waals surface area contributed by atoms with Crippen molar-refractivity contribution in [1.82, 2.24) is 0 Å². The molecule has 2 heteroatoms. The summed E-state index contributed by atoms with van der Waals surface area (Å²) in [6.45, 7) is 19.8. The molecule has 0 bridgehead atoms. The summed E-state index contributed by atoms with van der Waals surface area (Å²) in [5.41, 5.74) is 1.49. The van der Waals surface area contributed by atoms with E-state index in [1.807, 2.05) is 13.8 Å². The van der Waals surface area contributed by atoms with Crippen LogP contribution >= 0.6 is 0 Å². The fraction of sp³-hybridized carbons (Fsp3) is 0.933. The summed E-state index contributed by atoms with van der Waals surface area (Å²) in [5, 5.41) is 11.3. The highest BCUT2D eigenvalue weighted by atomic mass is 16.5. The lowest BCUT2D eigenvalue weighted by Gasteiger charge is -2.69. The fourth-order valence-corrected chi connectivity index (χ4v) is 10.0. The summed E-state index contributed by atoms with van der Waals surface area (Å²) >= 11 is 0. The first-order valence-corrected chi connectivity index (χ1v) is 13.8. The lowest BCUT2D eigenvalue weighted by molar-refractivity contribution is -0.291. The monoisotopic (exact) mass is 444 g/mol. The predicted molar refractivity (Wildman–Crippen MR) is 135 cm³/mol. The van der Waals surface area contributed by atoms with E-state index in [-0.39, 0.29) is 11.0 Å². The van der Waals surface area contributed by atoms with Crippen LogP contribution in [-0.2, 0) is 4.74 Å². The fourth-order valence-electron chi connectivity index (χ4n) is 10.0. The molecule has 4 rings (SSSR count). The van der Waals surface area contributed by atoms with Crippen LogP contribution in [0.15, 0.2) is 11.6 Å². The predicted octanol–water partition coefficient (Wildman–Crippen LogP) is 7.94. The Kier molecular flexibility index (Phi) is 6.28. The molecule has 0 aromatic carbocycles. The number of hydrogen-bond donors (Lipinski definition) is 1. The van der Waals surface area contributed by atoms with Crippen LogP contribution in [0.3, 0.4) is 0 Å². The summed E-state index contributed by atoms with van der Waals surface area (Å²) in [7, 11) is 0. The van der Waals surface area contributed by atoms with Crippen molar-refractivity contribution in [3.8, 4) is 0 Å². The smallest absolute Gasteiger partial charge is 0.0995 e. The van der Waals surface area contributed by atoms with Crippen molar-refractivity contribution >= 4 is 0 Å². The molecule has 4 aliphatic rings. The molecular formula is C30H52O2. The molecule has 3 saturated carbocycles. The number of aliphatic hydroxyl groups is 1. The van der Waals surface area contributed by atoms with E-state index in [1.54, 1.807) is 0 Å². The second kappa shape index (κ2) is 8.11. The molecule has 1 aliphatic heterocycles. The Morgan fingerprint density at radius 1 is 1.00 bits per heavy atom. The maximum absolute atomic E-state index is 11.3. The number of hydrogen-bond acceptors (Lipinski definition) is 2. The maximum atomic E-state index is 11.3. The molecule has 2 unspecified atom stereocenters. The zero-order chi connectivity index (χ0) is 23.6. The normalized spacial score (nSPS) is 47.2. The average molecular weight is 445 g/mol. The van der Waals surface area contributed by atoms with Gasteiger partial charge in [-0.05, 0) is 132 Å². The SMILES string of the molecule is CC(C)=CCC[C@H](C)[C@@H]1CC[C@]2(C)C3CC[C@@]4(C(C)(C)O)OCCCC4[C@]3(C)CC[C@@]12C. The van der Waals surface area contributed by atoms with Crippen molar-refractivity contribution in [3.63, 3.8) is 0 Å². The first-order valence-electron chi connectivity index (χ1n) is 13.8. The summed E-state index contributed by atoms with van der Waals surface area (Å²) < 4.78 is 6.59. The third-order valence-corrected chi connectivity index (χ3v) is 11.9. The van der Waals surface area contributed by atoms with Crippen LogP contribution in [-0.4, -0.2) is 22.9 Å². The van der Waals surface area contributed by atoms with Crippen molar-refractivity contribution in [3.05, 3.63) is 11.6 Å². The Bertz CT molecular complexity index is 730. The number of rotatable bonds is 5. The molecule has 1 saturated heterocycles. The molecule has 184 valence electrons. The quantitative estimate of drug-likeness (QED) is 0.436. The lowest BCUT2D eigenvalue weighted by Crippen LogP contribution is -2.69. The largest absolute Gasteiger partial charge is 0.387 e. The van der Waals surface area contributed by atoms with Crippen LogP contribution in [0.2, 0.25) is 0 Å². The van der Waals surface area contributed by atoms with Crippen LogP contribution in [0.25, 0.3) is 0 Å². The number of fused-ring (bicyclic) bond motifs is 5. The molecule has 3 aliphatic carbocycles. The molecule has 0 aromatic heterocycles. The van der Waals surface area contributed by atoms with Crippen molar-refractivity contribution in [2.45, 2.75) is 131 Å². The van der Waals surface area contributed by atoms with E-state index in [2.05, 4.69) is 47.6 Å². The van der Waals surface area contributed by atoms with Crippen LogP contribution in [0.5, 0.6) is 0 Å². The summed E-state index contributed by atoms with van der Waals surface area (Å²) in [6.07, 6.45) is 15.1. The average Bonchev–Trinajstić information content (AvgIpc) is 2.98. The Balaban J connectivity index is 1.63. The molecule has 1 N–H and O–H groups in total. The van der Waals surface area contributed by atoms with Gasteiger partial charge in [0.25, 0.3) is 0 Å². The van der Waals surface area contributed by atoms with E-state index in [1.165, 1.54) is 56.9 Å². The lowest BCUT2D eigenvalue weighted by atomic mass is 9.37. The minimum atomic E-state index is -0.772. The Hall–Kier alpha value is -0.340. The van der Waals surface area contributed by atoms with Crippen LogP contribution in [0, 0.1) is 39.9 Å². The molecule has 4 fully saturated rings. The Labute approximate surface area is 199 Å². The van der Waals surface area contributed by atoms with Gasteiger partial charge in [-0.2, -0.15) is 0 Å². The van der Waals surface area contributed by atoms with Gasteiger partial charge in [-0.15, -0.1) is 0 Å². The highest BCUT2D eigenvalue weighted by molar-refractivity contribution is 5.20. The molecule has 0 radical (unpaired) electrons. The van der Waals surface area contributed by atoms with Crippen molar-refractivity contribution in [2.75, 3.05) is 6.61 Å². The zero-order valence-electron chi connectivity index (χ0n) is 22.5. The van der Waals surface area contributed by atoms with Gasteiger partial charge in [0.1, 0.15) is 0 Å². The van der Waals surface area contributed by atoms with E-state index in [0.717, 1.165) is 37.2 Å². The van der Waals surface area contributed by atoms with Gasteiger partial charge in [-0.25, -0.2) is 0 Å². The summed E-state index contributed by atoms with van der Waals surface area (Å²) in [6, 6.07) is 0. The zero-order valence-corrected chi connectivity index (χ0v) is 22.5. The number of allylic oxidation sites excluding steroid dienone is 2. The van der Waals surface area contributed by atoms with Gasteiger partial charge in [0, 0.05) is 6.61 Å². The van der Waals surface area contributed by atoms with Gasteiger partial charge in [-0.3, -0.25) is 0 Å². The van der Waals surface area contributed by atoms with E-state index in [4.69, 9.17) is 4.74 Å². The molecule has 2 nitrogen and oxygen atoms in total. The first kappa shape index (κ1) is 24.8. The van der Waals surface area contributed by atoms with E-state index in [9.17, 15) is 5.11 Å². The van der Waals surface area contributed by atoms with E-state index < -0.39 is 5.60 Å². The second-order valence-corrected chi connectivity index (χ2v) is 13.9. The van der Waals surface area contributed by atoms with Crippen molar-refractivity contribution < 1.29 is 9.84 Å². The Morgan fingerprint density at radius 3 is 2.38 bits per heavy atom. The molecule has 0 spiro atoms. The molecule has 32 heavy (non-hydrogen) atoms. The topological polar surface area (TPSA) is 29.5 Å². The third-order valence-electron chi connectivity index (χ3n) is 11.9. The van der Waals surface area contributed by atoms with Gasteiger partial charge < -0.3 is 9.84 Å². The standard InChI is InChI=1S/C30H52O2/c1-21(2)11-9-12-22(3)23-14-16-29(8)24-15-17-30(26(4,5)31)25(13-10-20-32-30)27(24,6)18-19-28(23,29)7/h11,22-25,31H,9-10,12-20H2,1-8H3/t22-,23-,24?,25?,27+,28-,29+,30+/m0/s1. The van der Waals surface area contributed by atoms with Crippen LogP contribution < -0.4 is 0 Å². The highest BCUT2D eigenvalue weighted by Gasteiger charge is 2.71. The molecule has 1 heterocycles. The van der Waals surface area contributed by atoms with Crippen molar-refractivity contribution in [2.24, 2.45) is 39.9 Å². The highest BCUT2D eigenvalue weighted by Crippen LogP contribution is 2.75. The third kappa shape index (κ3) is 3.40. The maximum Gasteiger partial charge on any atom is 0.0995 e. The van der Waals surface area contributed by atoms with Crippen molar-refractivity contribution in [1.29, 1.82) is 0 Å². The summed E-state index contributed by atoms with van der Waals surface area (Å²) in [5.74, 6) is 2.90. The summed E-state index contributed by atoms with van der Waals surface area (Å²) in [4.78, 5) is 0. The van der Waals surface area contributed by atoms with Gasteiger partial charge in [0.15, 0.2) is 0 Å². The van der Waals surface area contributed by atoms with E-state index in [0.29, 0.717) is 16.7 Å². The van der Waals surface area contributed by atoms with E-state index >= 15 is 0 Å². The first-order chi connectivity index (χ1) is 14.8. The molecule has 8 atom stereocenters. The molecule has 0 amide bonds. The van der Waals surface area contributed by atoms with Crippen LogP contribution in [0.1, 0.15) is 120 Å². The Morgan fingerprint density at radius 2 is 1.72 bits per heavy atom. The minimum Gasteiger partial charge on any atom is -0.387 e. The van der Waals surface area contributed by atoms with Gasteiger partial charge in [0.05, 0.1) is 11.2 Å². The van der Waals surface area contributed by atoms with Crippen LogP contribution in [0.4, 0.5) is 0 Å². The molecular weight excluding hydrogens is 392 g/mol. The minimum absolute atomic E-state index is 0.285. The number of ether oxygens (including phenoxy) is 1. The second-order valence-electron chi connectivity index (χ2n) is 13.9. The van der Waals surface area contributed by atoms with Gasteiger partial charge in [0.2, 0.25) is 0 Å². The molecule has 0 aromatic rings. The van der Waals surface area contributed by atoms with Gasteiger partial charge in [-0.1, -0.05) is 39.3 Å².